The highest BCUT2D eigenvalue weighted by Gasteiger charge is 2.17. The molecule has 0 aliphatic carbocycles. The van der Waals surface area contributed by atoms with E-state index in [0.717, 1.165) is 19.4 Å². The Morgan fingerprint density at radius 1 is 1.65 bits per heavy atom. The first-order valence-corrected chi connectivity index (χ1v) is 6.15. The number of fused-ring (bicyclic) bond motifs is 1. The molecule has 0 bridgehead atoms. The number of hydrogen-bond donors (Lipinski definition) is 1. The summed E-state index contributed by atoms with van der Waals surface area (Å²) in [7, 11) is 0. The summed E-state index contributed by atoms with van der Waals surface area (Å²) in [6.45, 7) is 6.50. The highest BCUT2D eigenvalue weighted by atomic mass is 16.5. The monoisotopic (exact) mass is 237 g/mol. The molecule has 5 nitrogen and oxygen atoms in total. The number of carbonyl (C=O) groups excluding carboxylic acids is 1. The molecule has 0 radical (unpaired) electrons. The number of nitrogens with zero attached hydrogens (tertiary/aromatic N) is 2. The van der Waals surface area contributed by atoms with Crippen LogP contribution in [0.5, 0.6) is 5.88 Å². The van der Waals surface area contributed by atoms with E-state index >= 15 is 0 Å². The normalized spacial score (nSPS) is 14.3. The van der Waals surface area contributed by atoms with E-state index < -0.39 is 0 Å². The van der Waals surface area contributed by atoms with Crippen LogP contribution in [0, 0.1) is 5.92 Å². The summed E-state index contributed by atoms with van der Waals surface area (Å²) in [6.07, 6.45) is 1.93. The van der Waals surface area contributed by atoms with Gasteiger partial charge in [-0.1, -0.05) is 13.8 Å². The lowest BCUT2D eigenvalue weighted by Gasteiger charge is -2.13. The SMILES string of the molecule is CC(C)CCNC(=O)c1cc2n(n1)CCCO2. The van der Waals surface area contributed by atoms with E-state index in [1.807, 2.05) is 0 Å². The first-order valence-electron chi connectivity index (χ1n) is 6.15. The third kappa shape index (κ3) is 2.99. The Morgan fingerprint density at radius 2 is 2.47 bits per heavy atom. The van der Waals surface area contributed by atoms with Crippen molar-refractivity contribution in [1.82, 2.24) is 15.1 Å². The van der Waals surface area contributed by atoms with Crippen LogP contribution in [-0.4, -0.2) is 28.8 Å². The fraction of sp³-hybridized carbons (Fsp3) is 0.667. The largest absolute Gasteiger partial charge is 0.478 e. The first-order chi connectivity index (χ1) is 8.16. The van der Waals surface area contributed by atoms with Gasteiger partial charge in [0, 0.05) is 25.6 Å². The molecule has 17 heavy (non-hydrogen) atoms. The molecule has 0 atom stereocenters. The Morgan fingerprint density at radius 3 is 3.18 bits per heavy atom. The van der Waals surface area contributed by atoms with Gasteiger partial charge in [-0.3, -0.25) is 4.79 Å². The zero-order chi connectivity index (χ0) is 12.3. The van der Waals surface area contributed by atoms with Gasteiger partial charge in [0.1, 0.15) is 0 Å². The van der Waals surface area contributed by atoms with Crippen molar-refractivity contribution in [3.63, 3.8) is 0 Å². The molecule has 0 aromatic carbocycles. The van der Waals surface area contributed by atoms with Gasteiger partial charge in [0.05, 0.1) is 6.61 Å². The van der Waals surface area contributed by atoms with Gasteiger partial charge in [-0.2, -0.15) is 5.10 Å². The number of nitrogens with one attached hydrogen (secondary N) is 1. The number of carbonyl (C=O) groups is 1. The maximum Gasteiger partial charge on any atom is 0.271 e. The van der Waals surface area contributed by atoms with Crippen LogP contribution in [0.25, 0.3) is 0 Å². The molecular formula is C12H19N3O2. The van der Waals surface area contributed by atoms with E-state index in [0.29, 0.717) is 30.6 Å². The highest BCUT2D eigenvalue weighted by Crippen LogP contribution is 2.18. The number of hydrogen-bond acceptors (Lipinski definition) is 3. The number of aryl methyl sites for hydroxylation is 1. The van der Waals surface area contributed by atoms with Crippen LogP contribution in [0.2, 0.25) is 0 Å². The summed E-state index contributed by atoms with van der Waals surface area (Å²) in [5.74, 6) is 1.18. The number of rotatable bonds is 4. The Balaban J connectivity index is 1.92. The highest BCUT2D eigenvalue weighted by molar-refractivity contribution is 5.92. The summed E-state index contributed by atoms with van der Waals surface area (Å²) in [5, 5.41) is 7.10. The van der Waals surface area contributed by atoms with Crippen LogP contribution in [0.4, 0.5) is 0 Å². The molecule has 0 fully saturated rings. The molecule has 1 N–H and O–H groups in total. The molecule has 94 valence electrons. The van der Waals surface area contributed by atoms with Gasteiger partial charge >= 0.3 is 0 Å². The summed E-state index contributed by atoms with van der Waals surface area (Å²) in [5.41, 5.74) is 0.450. The van der Waals surface area contributed by atoms with Crippen LogP contribution in [0.15, 0.2) is 6.07 Å². The van der Waals surface area contributed by atoms with E-state index in [-0.39, 0.29) is 5.91 Å². The lowest BCUT2D eigenvalue weighted by molar-refractivity contribution is 0.0946. The third-order valence-electron chi connectivity index (χ3n) is 2.75. The zero-order valence-corrected chi connectivity index (χ0v) is 10.4. The van der Waals surface area contributed by atoms with Gasteiger partial charge in [-0.05, 0) is 12.3 Å². The average molecular weight is 237 g/mol. The van der Waals surface area contributed by atoms with Gasteiger partial charge < -0.3 is 10.1 Å². The van der Waals surface area contributed by atoms with Crippen LogP contribution < -0.4 is 10.1 Å². The maximum atomic E-state index is 11.8. The predicted octanol–water partition coefficient (Wildman–Crippen LogP) is 1.44. The fourth-order valence-corrected chi connectivity index (χ4v) is 1.74. The minimum absolute atomic E-state index is 0.115. The molecule has 2 heterocycles. The molecule has 1 aromatic rings. The fourth-order valence-electron chi connectivity index (χ4n) is 1.74. The average Bonchev–Trinajstić information content (AvgIpc) is 2.71. The second kappa shape index (κ2) is 5.21. The predicted molar refractivity (Wildman–Crippen MR) is 64.1 cm³/mol. The van der Waals surface area contributed by atoms with Crippen molar-refractivity contribution in [3.05, 3.63) is 11.8 Å². The van der Waals surface area contributed by atoms with Crippen molar-refractivity contribution in [2.24, 2.45) is 5.92 Å². The Hall–Kier alpha value is -1.52. The molecule has 0 saturated heterocycles. The van der Waals surface area contributed by atoms with E-state index in [1.54, 1.807) is 10.7 Å². The molecule has 5 heteroatoms. The Labute approximate surface area is 101 Å². The second-order valence-corrected chi connectivity index (χ2v) is 4.73. The standard InChI is InChI=1S/C12H19N3O2/c1-9(2)4-5-13-12(16)10-8-11-15(14-10)6-3-7-17-11/h8-9H,3-7H2,1-2H3,(H,13,16). The maximum absolute atomic E-state index is 11.8. The minimum Gasteiger partial charge on any atom is -0.478 e. The summed E-state index contributed by atoms with van der Waals surface area (Å²) in [6, 6.07) is 1.71. The van der Waals surface area contributed by atoms with E-state index in [1.165, 1.54) is 0 Å². The van der Waals surface area contributed by atoms with Gasteiger partial charge in [-0.15, -0.1) is 0 Å². The molecule has 0 spiro atoms. The second-order valence-electron chi connectivity index (χ2n) is 4.73. The van der Waals surface area contributed by atoms with Crippen molar-refractivity contribution in [1.29, 1.82) is 0 Å². The first kappa shape index (κ1) is 12.0. The van der Waals surface area contributed by atoms with Crippen molar-refractivity contribution >= 4 is 5.91 Å². The van der Waals surface area contributed by atoms with Crippen LogP contribution in [0.3, 0.4) is 0 Å². The van der Waals surface area contributed by atoms with E-state index in [2.05, 4.69) is 24.3 Å². The van der Waals surface area contributed by atoms with Crippen molar-refractivity contribution in [3.8, 4) is 5.88 Å². The van der Waals surface area contributed by atoms with E-state index in [4.69, 9.17) is 4.74 Å². The van der Waals surface area contributed by atoms with Crippen LogP contribution in [0.1, 0.15) is 37.2 Å². The van der Waals surface area contributed by atoms with E-state index in [9.17, 15) is 4.79 Å². The van der Waals surface area contributed by atoms with Crippen molar-refractivity contribution in [2.75, 3.05) is 13.2 Å². The quantitative estimate of drug-likeness (QED) is 0.862. The molecule has 1 aliphatic rings. The molecule has 0 unspecified atom stereocenters. The minimum atomic E-state index is -0.115. The smallest absolute Gasteiger partial charge is 0.271 e. The van der Waals surface area contributed by atoms with Gasteiger partial charge in [0.25, 0.3) is 5.91 Å². The molecule has 0 saturated carbocycles. The molecule has 1 aliphatic heterocycles. The van der Waals surface area contributed by atoms with Gasteiger partial charge in [0.15, 0.2) is 5.69 Å². The van der Waals surface area contributed by atoms with Crippen LogP contribution >= 0.6 is 0 Å². The number of ether oxygens (including phenoxy) is 1. The number of aromatic nitrogens is 2. The Kier molecular flexibility index (Phi) is 3.66. The third-order valence-corrected chi connectivity index (χ3v) is 2.75. The number of amides is 1. The van der Waals surface area contributed by atoms with Gasteiger partial charge in [0.2, 0.25) is 5.88 Å². The zero-order valence-electron chi connectivity index (χ0n) is 10.4. The molecule has 2 rings (SSSR count). The summed E-state index contributed by atoms with van der Waals surface area (Å²) in [4.78, 5) is 11.8. The van der Waals surface area contributed by atoms with Crippen molar-refractivity contribution < 1.29 is 9.53 Å². The molecule has 1 amide bonds. The van der Waals surface area contributed by atoms with Crippen LogP contribution in [-0.2, 0) is 6.54 Å². The summed E-state index contributed by atoms with van der Waals surface area (Å²) >= 11 is 0. The molecular weight excluding hydrogens is 218 g/mol. The lowest BCUT2D eigenvalue weighted by Crippen LogP contribution is -2.26. The Bertz CT molecular complexity index is 375. The lowest BCUT2D eigenvalue weighted by atomic mass is 10.1. The van der Waals surface area contributed by atoms with Gasteiger partial charge in [-0.25, -0.2) is 4.68 Å². The van der Waals surface area contributed by atoms with Crippen molar-refractivity contribution in [2.45, 2.75) is 33.2 Å². The summed E-state index contributed by atoms with van der Waals surface area (Å²) < 4.78 is 7.17. The molecule has 1 aromatic heterocycles. The topological polar surface area (TPSA) is 56.2 Å².